The highest BCUT2D eigenvalue weighted by molar-refractivity contribution is 9.10. The Morgan fingerprint density at radius 2 is 1.50 bits per heavy atom. The standard InChI is InChI=1S/C18H21BrO3/c1-13-12-18(14(2)11-15(13)19)22-10-6-9-21-17-8-5-4-7-16(17)20-3/h4-5,7-8,11-12H,6,9-10H2,1-3H3. The van der Waals surface area contributed by atoms with Crippen molar-refractivity contribution >= 4 is 15.9 Å². The van der Waals surface area contributed by atoms with E-state index in [0.717, 1.165) is 33.7 Å². The highest BCUT2D eigenvalue weighted by Crippen LogP contribution is 2.27. The molecule has 0 heterocycles. The second kappa shape index (κ2) is 8.08. The van der Waals surface area contributed by atoms with Crippen LogP contribution in [0.25, 0.3) is 0 Å². The van der Waals surface area contributed by atoms with Gasteiger partial charge >= 0.3 is 0 Å². The lowest BCUT2D eigenvalue weighted by Gasteiger charge is -2.12. The van der Waals surface area contributed by atoms with Crippen molar-refractivity contribution in [3.05, 3.63) is 52.0 Å². The summed E-state index contributed by atoms with van der Waals surface area (Å²) in [4.78, 5) is 0. The minimum absolute atomic E-state index is 0.592. The molecular weight excluding hydrogens is 344 g/mol. The zero-order valence-corrected chi connectivity index (χ0v) is 14.8. The Kier molecular flexibility index (Phi) is 6.13. The van der Waals surface area contributed by atoms with E-state index in [1.807, 2.05) is 31.2 Å². The van der Waals surface area contributed by atoms with E-state index in [2.05, 4.69) is 35.0 Å². The molecule has 0 N–H and O–H groups in total. The van der Waals surface area contributed by atoms with E-state index in [0.29, 0.717) is 13.2 Å². The summed E-state index contributed by atoms with van der Waals surface area (Å²) in [6, 6.07) is 11.8. The number of hydrogen-bond acceptors (Lipinski definition) is 3. The van der Waals surface area contributed by atoms with E-state index >= 15 is 0 Å². The first-order chi connectivity index (χ1) is 10.6. The fraction of sp³-hybridized carbons (Fsp3) is 0.333. The number of aryl methyl sites for hydroxylation is 2. The van der Waals surface area contributed by atoms with Gasteiger partial charge in [-0.2, -0.15) is 0 Å². The van der Waals surface area contributed by atoms with Crippen molar-refractivity contribution in [3.63, 3.8) is 0 Å². The molecule has 0 saturated heterocycles. The monoisotopic (exact) mass is 364 g/mol. The Labute approximate surface area is 140 Å². The summed E-state index contributed by atoms with van der Waals surface area (Å²) >= 11 is 3.53. The van der Waals surface area contributed by atoms with Gasteiger partial charge in [-0.3, -0.25) is 0 Å². The highest BCUT2D eigenvalue weighted by Gasteiger charge is 2.05. The first kappa shape index (κ1) is 16.7. The Morgan fingerprint density at radius 1 is 0.864 bits per heavy atom. The molecule has 118 valence electrons. The minimum atomic E-state index is 0.592. The molecular formula is C18H21BrO3. The van der Waals surface area contributed by atoms with Gasteiger partial charge in [0.05, 0.1) is 20.3 Å². The van der Waals surface area contributed by atoms with Crippen molar-refractivity contribution in [2.24, 2.45) is 0 Å². The van der Waals surface area contributed by atoms with Crippen LogP contribution in [-0.4, -0.2) is 20.3 Å². The fourth-order valence-corrected chi connectivity index (χ4v) is 2.53. The SMILES string of the molecule is COc1ccccc1OCCCOc1cc(C)c(Br)cc1C. The predicted molar refractivity (Wildman–Crippen MR) is 92.2 cm³/mol. The van der Waals surface area contributed by atoms with Crippen LogP contribution in [0.3, 0.4) is 0 Å². The average molecular weight is 365 g/mol. The van der Waals surface area contributed by atoms with Crippen LogP contribution in [-0.2, 0) is 0 Å². The molecule has 22 heavy (non-hydrogen) atoms. The Hall–Kier alpha value is -1.68. The van der Waals surface area contributed by atoms with Gasteiger partial charge in [0.2, 0.25) is 0 Å². The lowest BCUT2D eigenvalue weighted by molar-refractivity contribution is 0.239. The molecule has 0 fully saturated rings. The van der Waals surface area contributed by atoms with E-state index < -0.39 is 0 Å². The topological polar surface area (TPSA) is 27.7 Å². The van der Waals surface area contributed by atoms with Gasteiger partial charge in [0, 0.05) is 10.9 Å². The summed E-state index contributed by atoms with van der Waals surface area (Å²) in [6.07, 6.45) is 0.812. The molecule has 0 aromatic heterocycles. The lowest BCUT2D eigenvalue weighted by Crippen LogP contribution is -2.06. The third-order valence-electron chi connectivity index (χ3n) is 3.33. The third-order valence-corrected chi connectivity index (χ3v) is 4.18. The second-order valence-corrected chi connectivity index (χ2v) is 5.92. The van der Waals surface area contributed by atoms with E-state index in [9.17, 15) is 0 Å². The molecule has 0 aliphatic rings. The molecule has 0 aliphatic heterocycles. The van der Waals surface area contributed by atoms with Crippen LogP contribution in [0.4, 0.5) is 0 Å². The number of benzene rings is 2. The van der Waals surface area contributed by atoms with Crippen LogP contribution in [0.2, 0.25) is 0 Å². The second-order valence-electron chi connectivity index (χ2n) is 5.07. The maximum atomic E-state index is 5.84. The van der Waals surface area contributed by atoms with Gasteiger partial charge in [0.25, 0.3) is 0 Å². The number of methoxy groups -OCH3 is 1. The van der Waals surface area contributed by atoms with Crippen LogP contribution < -0.4 is 14.2 Å². The third kappa shape index (κ3) is 4.41. The van der Waals surface area contributed by atoms with Crippen LogP contribution in [0.5, 0.6) is 17.2 Å². The molecule has 0 radical (unpaired) electrons. The molecule has 3 nitrogen and oxygen atoms in total. The highest BCUT2D eigenvalue weighted by atomic mass is 79.9. The quantitative estimate of drug-likeness (QED) is 0.652. The lowest BCUT2D eigenvalue weighted by atomic mass is 10.1. The van der Waals surface area contributed by atoms with Gasteiger partial charge in [-0.05, 0) is 49.2 Å². The molecule has 4 heteroatoms. The van der Waals surface area contributed by atoms with E-state index in [4.69, 9.17) is 14.2 Å². The number of ether oxygens (including phenoxy) is 3. The van der Waals surface area contributed by atoms with E-state index in [1.54, 1.807) is 7.11 Å². The van der Waals surface area contributed by atoms with Gasteiger partial charge in [-0.25, -0.2) is 0 Å². The summed E-state index contributed by atoms with van der Waals surface area (Å²) in [7, 11) is 1.64. The number of para-hydroxylation sites is 2. The Balaban J connectivity index is 1.79. The van der Waals surface area contributed by atoms with Gasteiger partial charge < -0.3 is 14.2 Å². The average Bonchev–Trinajstić information content (AvgIpc) is 2.52. The van der Waals surface area contributed by atoms with Crippen molar-refractivity contribution in [2.45, 2.75) is 20.3 Å². The number of hydrogen-bond donors (Lipinski definition) is 0. The molecule has 2 aromatic rings. The molecule has 0 unspecified atom stereocenters. The maximum Gasteiger partial charge on any atom is 0.161 e. The summed E-state index contributed by atoms with van der Waals surface area (Å²) in [5.41, 5.74) is 2.30. The van der Waals surface area contributed by atoms with Crippen molar-refractivity contribution < 1.29 is 14.2 Å². The zero-order valence-electron chi connectivity index (χ0n) is 13.2. The van der Waals surface area contributed by atoms with E-state index in [-0.39, 0.29) is 0 Å². The van der Waals surface area contributed by atoms with E-state index in [1.165, 1.54) is 5.56 Å². The molecule has 0 bridgehead atoms. The first-order valence-electron chi connectivity index (χ1n) is 7.27. The van der Waals surface area contributed by atoms with Gasteiger partial charge in [-0.15, -0.1) is 0 Å². The summed E-state index contributed by atoms with van der Waals surface area (Å²) in [6.45, 7) is 5.32. The van der Waals surface area contributed by atoms with Crippen LogP contribution >= 0.6 is 15.9 Å². The van der Waals surface area contributed by atoms with Crippen molar-refractivity contribution in [1.29, 1.82) is 0 Å². The van der Waals surface area contributed by atoms with Crippen LogP contribution in [0.1, 0.15) is 17.5 Å². The molecule has 0 spiro atoms. The smallest absolute Gasteiger partial charge is 0.161 e. The number of rotatable bonds is 7. The first-order valence-corrected chi connectivity index (χ1v) is 8.06. The predicted octanol–water partition coefficient (Wildman–Crippen LogP) is 4.92. The molecule has 0 saturated carbocycles. The van der Waals surface area contributed by atoms with Crippen molar-refractivity contribution in [1.82, 2.24) is 0 Å². The van der Waals surface area contributed by atoms with Gasteiger partial charge in [0.1, 0.15) is 5.75 Å². The summed E-state index contributed by atoms with van der Waals surface area (Å²) in [5.74, 6) is 2.45. The molecule has 2 rings (SSSR count). The Morgan fingerprint density at radius 3 is 2.18 bits per heavy atom. The molecule has 2 aromatic carbocycles. The van der Waals surface area contributed by atoms with Crippen LogP contribution in [0.15, 0.2) is 40.9 Å². The minimum Gasteiger partial charge on any atom is -0.493 e. The summed E-state index contributed by atoms with van der Waals surface area (Å²) in [5, 5.41) is 0. The maximum absolute atomic E-state index is 5.84. The van der Waals surface area contributed by atoms with Crippen molar-refractivity contribution in [3.8, 4) is 17.2 Å². The van der Waals surface area contributed by atoms with Crippen molar-refractivity contribution in [2.75, 3.05) is 20.3 Å². The fourth-order valence-electron chi connectivity index (χ4n) is 2.07. The Bertz CT molecular complexity index is 626. The van der Waals surface area contributed by atoms with Gasteiger partial charge in [-0.1, -0.05) is 28.1 Å². The van der Waals surface area contributed by atoms with Gasteiger partial charge in [0.15, 0.2) is 11.5 Å². The normalized spacial score (nSPS) is 10.4. The van der Waals surface area contributed by atoms with Crippen LogP contribution in [0, 0.1) is 13.8 Å². The number of halogens is 1. The largest absolute Gasteiger partial charge is 0.493 e. The molecule has 0 aliphatic carbocycles. The molecule has 0 amide bonds. The zero-order chi connectivity index (χ0) is 15.9. The summed E-state index contributed by atoms with van der Waals surface area (Å²) < 4.78 is 17.9. The molecule has 0 atom stereocenters.